The van der Waals surface area contributed by atoms with Gasteiger partial charge < -0.3 is 9.52 Å². The van der Waals surface area contributed by atoms with Crippen LogP contribution < -0.4 is 5.32 Å². The molecule has 0 aliphatic carbocycles. The molecule has 0 aliphatic rings. The molecule has 7 heteroatoms. The molecular formula is C11H10FN3O3. The van der Waals surface area contributed by atoms with Crippen LogP contribution in [0.25, 0.3) is 11.5 Å². The van der Waals surface area contributed by atoms with E-state index in [9.17, 15) is 9.18 Å². The molecule has 1 aromatic carbocycles. The van der Waals surface area contributed by atoms with Gasteiger partial charge in [-0.15, -0.1) is 10.2 Å². The molecule has 0 fully saturated rings. The summed E-state index contributed by atoms with van der Waals surface area (Å²) in [5.74, 6) is -1.16. The first kappa shape index (κ1) is 12.2. The topological polar surface area (TPSA) is 88.2 Å². The highest BCUT2D eigenvalue weighted by molar-refractivity contribution is 5.68. The molecule has 0 spiro atoms. The Bertz CT molecular complexity index is 556. The Morgan fingerprint density at radius 3 is 2.89 bits per heavy atom. The number of rotatable bonds is 5. The standard InChI is InChI=1S/C11H10FN3O3/c12-8-4-2-1-3-7(8)11-15-14-9(18-11)5-13-6-10(16)17/h1-4,13H,5-6H2,(H,16,17). The van der Waals surface area contributed by atoms with E-state index in [1.807, 2.05) is 0 Å². The highest BCUT2D eigenvalue weighted by Gasteiger charge is 2.12. The summed E-state index contributed by atoms with van der Waals surface area (Å²) in [6.45, 7) is -0.0921. The maximum atomic E-state index is 13.4. The van der Waals surface area contributed by atoms with Crippen molar-refractivity contribution in [3.63, 3.8) is 0 Å². The van der Waals surface area contributed by atoms with Crippen LogP contribution in [0.15, 0.2) is 28.7 Å². The largest absolute Gasteiger partial charge is 0.480 e. The molecule has 94 valence electrons. The summed E-state index contributed by atoms with van der Waals surface area (Å²) < 4.78 is 18.6. The van der Waals surface area contributed by atoms with E-state index in [-0.39, 0.29) is 30.4 Å². The van der Waals surface area contributed by atoms with Gasteiger partial charge in [0, 0.05) is 0 Å². The van der Waals surface area contributed by atoms with E-state index in [0.29, 0.717) is 0 Å². The zero-order chi connectivity index (χ0) is 13.0. The third-order valence-corrected chi connectivity index (χ3v) is 2.12. The lowest BCUT2D eigenvalue weighted by atomic mass is 10.2. The van der Waals surface area contributed by atoms with Crippen molar-refractivity contribution in [3.8, 4) is 11.5 Å². The van der Waals surface area contributed by atoms with E-state index < -0.39 is 11.8 Å². The first-order chi connectivity index (χ1) is 8.66. The second-order valence-electron chi connectivity index (χ2n) is 3.48. The Balaban J connectivity index is 2.06. The van der Waals surface area contributed by atoms with Crippen LogP contribution in [0.2, 0.25) is 0 Å². The maximum Gasteiger partial charge on any atom is 0.317 e. The lowest BCUT2D eigenvalue weighted by Gasteiger charge is -1.97. The molecule has 18 heavy (non-hydrogen) atoms. The van der Waals surface area contributed by atoms with E-state index in [1.165, 1.54) is 12.1 Å². The predicted octanol–water partition coefficient (Wildman–Crippen LogP) is 1.05. The van der Waals surface area contributed by atoms with E-state index >= 15 is 0 Å². The average molecular weight is 251 g/mol. The van der Waals surface area contributed by atoms with Gasteiger partial charge in [0.1, 0.15) is 5.82 Å². The zero-order valence-electron chi connectivity index (χ0n) is 9.26. The first-order valence-electron chi connectivity index (χ1n) is 5.16. The average Bonchev–Trinajstić information content (AvgIpc) is 2.78. The van der Waals surface area contributed by atoms with Crippen molar-refractivity contribution in [3.05, 3.63) is 36.0 Å². The normalized spacial score (nSPS) is 10.5. The number of carboxylic acid groups (broad SMARTS) is 1. The minimum Gasteiger partial charge on any atom is -0.480 e. The molecule has 1 aromatic heterocycles. The van der Waals surface area contributed by atoms with E-state index in [0.717, 1.165) is 0 Å². The molecule has 0 saturated heterocycles. The second kappa shape index (κ2) is 5.37. The number of halogens is 1. The number of carbonyl (C=O) groups is 1. The predicted molar refractivity (Wildman–Crippen MR) is 59.0 cm³/mol. The summed E-state index contributed by atoms with van der Waals surface area (Å²) in [6, 6.07) is 6.04. The molecule has 0 radical (unpaired) electrons. The summed E-state index contributed by atoms with van der Waals surface area (Å²) >= 11 is 0. The van der Waals surface area contributed by atoms with Gasteiger partial charge in [-0.3, -0.25) is 10.1 Å². The van der Waals surface area contributed by atoms with Gasteiger partial charge >= 0.3 is 5.97 Å². The minimum atomic E-state index is -0.983. The number of aliphatic carboxylic acids is 1. The van der Waals surface area contributed by atoms with Crippen LogP contribution in [0, 0.1) is 5.82 Å². The lowest BCUT2D eigenvalue weighted by Crippen LogP contribution is -2.21. The summed E-state index contributed by atoms with van der Waals surface area (Å²) in [6.07, 6.45) is 0. The quantitative estimate of drug-likeness (QED) is 0.825. The summed E-state index contributed by atoms with van der Waals surface area (Å²) in [4.78, 5) is 10.3. The first-order valence-corrected chi connectivity index (χ1v) is 5.16. The molecule has 0 aliphatic heterocycles. The molecule has 0 bridgehead atoms. The van der Waals surface area contributed by atoms with E-state index in [2.05, 4.69) is 15.5 Å². The molecule has 2 rings (SSSR count). The Hall–Kier alpha value is -2.28. The van der Waals surface area contributed by atoms with Crippen molar-refractivity contribution >= 4 is 5.97 Å². The number of nitrogens with one attached hydrogen (secondary N) is 1. The fourth-order valence-corrected chi connectivity index (χ4v) is 1.34. The lowest BCUT2D eigenvalue weighted by molar-refractivity contribution is -0.136. The van der Waals surface area contributed by atoms with Crippen LogP contribution in [0.3, 0.4) is 0 Å². The minimum absolute atomic E-state index is 0.0697. The monoisotopic (exact) mass is 251 g/mol. The van der Waals surface area contributed by atoms with Gasteiger partial charge in [-0.1, -0.05) is 12.1 Å². The zero-order valence-corrected chi connectivity index (χ0v) is 9.26. The second-order valence-corrected chi connectivity index (χ2v) is 3.48. The number of aromatic nitrogens is 2. The van der Waals surface area contributed by atoms with Crippen molar-refractivity contribution in [2.45, 2.75) is 6.54 Å². The number of nitrogens with zero attached hydrogens (tertiary/aromatic N) is 2. The van der Waals surface area contributed by atoms with Crippen molar-refractivity contribution in [2.75, 3.05) is 6.54 Å². The third-order valence-electron chi connectivity index (χ3n) is 2.12. The van der Waals surface area contributed by atoms with Crippen molar-refractivity contribution in [2.24, 2.45) is 0 Å². The van der Waals surface area contributed by atoms with Gasteiger partial charge in [0.05, 0.1) is 18.7 Å². The van der Waals surface area contributed by atoms with Gasteiger partial charge in [0.2, 0.25) is 5.89 Å². The maximum absolute atomic E-state index is 13.4. The molecule has 1 heterocycles. The van der Waals surface area contributed by atoms with Gasteiger partial charge in [0.25, 0.3) is 5.89 Å². The van der Waals surface area contributed by atoms with Crippen LogP contribution >= 0.6 is 0 Å². The molecule has 2 aromatic rings. The smallest absolute Gasteiger partial charge is 0.317 e. The molecule has 0 saturated carbocycles. The molecule has 0 unspecified atom stereocenters. The van der Waals surface area contributed by atoms with Crippen LogP contribution in [0.5, 0.6) is 0 Å². The number of hydrogen-bond acceptors (Lipinski definition) is 5. The van der Waals surface area contributed by atoms with E-state index in [1.54, 1.807) is 12.1 Å². The fraction of sp³-hybridized carbons (Fsp3) is 0.182. The highest BCUT2D eigenvalue weighted by atomic mass is 19.1. The number of benzene rings is 1. The summed E-state index contributed by atoms with van der Waals surface area (Å²) in [7, 11) is 0. The van der Waals surface area contributed by atoms with Crippen molar-refractivity contribution in [1.82, 2.24) is 15.5 Å². The number of hydrogen-bond donors (Lipinski definition) is 2. The SMILES string of the molecule is O=C(O)CNCc1nnc(-c2ccccc2F)o1. The van der Waals surface area contributed by atoms with Crippen molar-refractivity contribution < 1.29 is 18.7 Å². The Morgan fingerprint density at radius 1 is 1.39 bits per heavy atom. The van der Waals surface area contributed by atoms with Crippen LogP contribution in [0.1, 0.15) is 5.89 Å². The fourth-order valence-electron chi connectivity index (χ4n) is 1.34. The molecular weight excluding hydrogens is 241 g/mol. The molecule has 0 atom stereocenters. The highest BCUT2D eigenvalue weighted by Crippen LogP contribution is 2.20. The van der Waals surface area contributed by atoms with Gasteiger partial charge in [0.15, 0.2) is 0 Å². The van der Waals surface area contributed by atoms with Gasteiger partial charge in [-0.05, 0) is 12.1 Å². The molecule has 2 N–H and O–H groups in total. The third kappa shape index (κ3) is 2.89. The summed E-state index contributed by atoms with van der Waals surface area (Å²) in [5, 5.41) is 18.4. The van der Waals surface area contributed by atoms with Crippen molar-refractivity contribution in [1.29, 1.82) is 0 Å². The van der Waals surface area contributed by atoms with E-state index in [4.69, 9.17) is 9.52 Å². The van der Waals surface area contributed by atoms with Gasteiger partial charge in [-0.25, -0.2) is 4.39 Å². The van der Waals surface area contributed by atoms with Crippen LogP contribution in [-0.2, 0) is 11.3 Å². The molecule has 0 amide bonds. The Kier molecular flexibility index (Phi) is 3.63. The Morgan fingerprint density at radius 2 is 2.17 bits per heavy atom. The Labute approximate surface area is 101 Å². The van der Waals surface area contributed by atoms with Gasteiger partial charge in [-0.2, -0.15) is 0 Å². The molecule has 6 nitrogen and oxygen atoms in total. The number of carboxylic acids is 1. The van der Waals surface area contributed by atoms with Crippen LogP contribution in [0.4, 0.5) is 4.39 Å². The summed E-state index contributed by atoms with van der Waals surface area (Å²) in [5.41, 5.74) is 0.217. The van der Waals surface area contributed by atoms with Crippen LogP contribution in [-0.4, -0.2) is 27.8 Å².